The second-order valence-electron chi connectivity index (χ2n) is 5.67. The molecule has 1 aromatic rings. The van der Waals surface area contributed by atoms with E-state index in [1.807, 2.05) is 0 Å². The Labute approximate surface area is 125 Å². The van der Waals surface area contributed by atoms with Gasteiger partial charge in [0.25, 0.3) is 0 Å². The average Bonchev–Trinajstić information content (AvgIpc) is 2.37. The van der Waals surface area contributed by atoms with Gasteiger partial charge in [0.05, 0.1) is 18.9 Å². The van der Waals surface area contributed by atoms with E-state index in [0.29, 0.717) is 30.0 Å². The third-order valence-corrected chi connectivity index (χ3v) is 2.69. The highest BCUT2D eigenvalue weighted by Crippen LogP contribution is 2.29. The smallest absolute Gasteiger partial charge is 0.412 e. The first-order valence-electron chi connectivity index (χ1n) is 6.83. The van der Waals surface area contributed by atoms with E-state index in [4.69, 9.17) is 15.2 Å². The number of anilines is 1. The van der Waals surface area contributed by atoms with Crippen molar-refractivity contribution >= 4 is 11.8 Å². The number of nitrogens with one attached hydrogen (secondary N) is 1. The Kier molecular flexibility index (Phi) is 5.99. The number of aliphatic hydroxyl groups is 1. The molecule has 118 valence electrons. The van der Waals surface area contributed by atoms with Crippen molar-refractivity contribution in [3.63, 3.8) is 0 Å². The maximum absolute atomic E-state index is 11.8. The van der Waals surface area contributed by atoms with Crippen molar-refractivity contribution in [1.82, 2.24) is 0 Å². The molecule has 0 bridgehead atoms. The number of nitrogens with two attached hydrogens (primary N) is 1. The van der Waals surface area contributed by atoms with Gasteiger partial charge < -0.3 is 20.3 Å². The van der Waals surface area contributed by atoms with Crippen molar-refractivity contribution in [2.45, 2.75) is 38.9 Å². The van der Waals surface area contributed by atoms with E-state index in [1.165, 1.54) is 7.11 Å². The molecule has 1 aromatic carbocycles. The van der Waals surface area contributed by atoms with Crippen LogP contribution in [0.15, 0.2) is 18.2 Å². The molecule has 0 aliphatic heterocycles. The number of amides is 1. The van der Waals surface area contributed by atoms with Crippen LogP contribution in [-0.4, -0.2) is 30.5 Å². The Bertz CT molecular complexity index is 483. The minimum Gasteiger partial charge on any atom is -0.497 e. The Morgan fingerprint density at radius 3 is 2.62 bits per heavy atom. The van der Waals surface area contributed by atoms with Crippen LogP contribution in [0.5, 0.6) is 5.75 Å². The summed E-state index contributed by atoms with van der Waals surface area (Å²) < 4.78 is 10.3. The maximum atomic E-state index is 11.8. The maximum Gasteiger partial charge on any atom is 0.412 e. The highest BCUT2D eigenvalue weighted by atomic mass is 16.6. The van der Waals surface area contributed by atoms with Crippen molar-refractivity contribution < 1.29 is 19.4 Å². The third-order valence-electron chi connectivity index (χ3n) is 2.69. The van der Waals surface area contributed by atoms with E-state index in [9.17, 15) is 9.90 Å². The molecule has 1 rings (SSSR count). The number of rotatable bonds is 5. The summed E-state index contributed by atoms with van der Waals surface area (Å²) in [6, 6.07) is 5.04. The first-order chi connectivity index (χ1) is 9.76. The Morgan fingerprint density at radius 2 is 2.10 bits per heavy atom. The van der Waals surface area contributed by atoms with Gasteiger partial charge in [-0.3, -0.25) is 5.32 Å². The fourth-order valence-electron chi connectivity index (χ4n) is 1.78. The molecule has 0 aliphatic rings. The van der Waals surface area contributed by atoms with Crippen LogP contribution in [0.25, 0.3) is 0 Å². The average molecular weight is 296 g/mol. The van der Waals surface area contributed by atoms with Gasteiger partial charge >= 0.3 is 6.09 Å². The van der Waals surface area contributed by atoms with E-state index in [-0.39, 0.29) is 0 Å². The topological polar surface area (TPSA) is 93.8 Å². The van der Waals surface area contributed by atoms with Crippen LogP contribution in [0.2, 0.25) is 0 Å². The van der Waals surface area contributed by atoms with Gasteiger partial charge in [0.1, 0.15) is 11.4 Å². The van der Waals surface area contributed by atoms with Crippen LogP contribution < -0.4 is 15.8 Å². The predicted molar refractivity (Wildman–Crippen MR) is 81.5 cm³/mol. The highest BCUT2D eigenvalue weighted by molar-refractivity contribution is 5.86. The van der Waals surface area contributed by atoms with Crippen molar-refractivity contribution in [3.8, 4) is 5.75 Å². The van der Waals surface area contributed by atoms with E-state index < -0.39 is 17.8 Å². The molecule has 0 aliphatic carbocycles. The summed E-state index contributed by atoms with van der Waals surface area (Å²) in [7, 11) is 1.54. The van der Waals surface area contributed by atoms with E-state index in [2.05, 4.69) is 5.32 Å². The lowest BCUT2D eigenvalue weighted by Crippen LogP contribution is -2.27. The van der Waals surface area contributed by atoms with Gasteiger partial charge in [-0.05, 0) is 51.9 Å². The molecule has 21 heavy (non-hydrogen) atoms. The molecule has 6 heteroatoms. The van der Waals surface area contributed by atoms with Gasteiger partial charge in [-0.1, -0.05) is 0 Å². The van der Waals surface area contributed by atoms with Crippen molar-refractivity contribution in [3.05, 3.63) is 23.8 Å². The molecule has 0 saturated carbocycles. The summed E-state index contributed by atoms with van der Waals surface area (Å²) in [4.78, 5) is 11.8. The molecule has 0 spiro atoms. The van der Waals surface area contributed by atoms with Gasteiger partial charge in [-0.2, -0.15) is 0 Å². The van der Waals surface area contributed by atoms with E-state index in [1.54, 1.807) is 39.0 Å². The largest absolute Gasteiger partial charge is 0.497 e. The lowest BCUT2D eigenvalue weighted by atomic mass is 10.0. The lowest BCUT2D eigenvalue weighted by molar-refractivity contribution is 0.0635. The number of carbonyl (C=O) groups is 1. The standard InChI is InChI=1S/C15H24N2O4/c1-15(2,3)21-14(19)17-12-6-5-10(20-4)9-11(12)13(18)7-8-16/h5-6,9,13,18H,7-8,16H2,1-4H3,(H,17,19). The number of methoxy groups -OCH3 is 1. The van der Waals surface area contributed by atoms with Crippen LogP contribution in [0.4, 0.5) is 10.5 Å². The fraction of sp³-hybridized carbons (Fsp3) is 0.533. The minimum absolute atomic E-state index is 0.338. The van der Waals surface area contributed by atoms with Crippen molar-refractivity contribution in [2.24, 2.45) is 5.73 Å². The number of benzene rings is 1. The monoisotopic (exact) mass is 296 g/mol. The number of carbonyl (C=O) groups excluding carboxylic acids is 1. The summed E-state index contributed by atoms with van der Waals surface area (Å²) in [5, 5.41) is 12.8. The van der Waals surface area contributed by atoms with Gasteiger partial charge in [0.2, 0.25) is 0 Å². The Hall–Kier alpha value is -1.79. The molecular weight excluding hydrogens is 272 g/mol. The number of hydrogen-bond acceptors (Lipinski definition) is 5. The number of aliphatic hydroxyl groups excluding tert-OH is 1. The quantitative estimate of drug-likeness (QED) is 0.776. The number of ether oxygens (including phenoxy) is 2. The predicted octanol–water partition coefficient (Wildman–Crippen LogP) is 2.42. The summed E-state index contributed by atoms with van der Waals surface area (Å²) >= 11 is 0. The first-order valence-corrected chi connectivity index (χ1v) is 6.83. The second kappa shape index (κ2) is 7.28. The van der Waals surface area contributed by atoms with Crippen LogP contribution in [0.3, 0.4) is 0 Å². The zero-order valence-corrected chi connectivity index (χ0v) is 13.0. The molecule has 0 fully saturated rings. The molecule has 0 saturated heterocycles. The molecular formula is C15H24N2O4. The molecule has 6 nitrogen and oxygen atoms in total. The first kappa shape index (κ1) is 17.3. The van der Waals surface area contributed by atoms with E-state index in [0.717, 1.165) is 0 Å². The summed E-state index contributed by atoms with van der Waals surface area (Å²) in [5.41, 5.74) is 5.90. The summed E-state index contributed by atoms with van der Waals surface area (Å²) in [6.45, 7) is 5.69. The Balaban J connectivity index is 2.97. The molecule has 0 aromatic heterocycles. The molecule has 4 N–H and O–H groups in total. The molecule has 1 atom stereocenters. The van der Waals surface area contributed by atoms with Crippen LogP contribution >= 0.6 is 0 Å². The zero-order chi connectivity index (χ0) is 16.0. The van der Waals surface area contributed by atoms with Gasteiger partial charge in [-0.25, -0.2) is 4.79 Å². The van der Waals surface area contributed by atoms with Gasteiger partial charge in [0, 0.05) is 5.56 Å². The van der Waals surface area contributed by atoms with E-state index >= 15 is 0 Å². The summed E-state index contributed by atoms with van der Waals surface area (Å²) in [5.74, 6) is 0.593. The SMILES string of the molecule is COc1ccc(NC(=O)OC(C)(C)C)c(C(O)CCN)c1. The molecule has 0 heterocycles. The normalized spacial score (nSPS) is 12.7. The molecule has 1 unspecified atom stereocenters. The van der Waals surface area contributed by atoms with Gasteiger partial charge in [0.15, 0.2) is 0 Å². The zero-order valence-electron chi connectivity index (χ0n) is 13.0. The number of hydrogen-bond donors (Lipinski definition) is 3. The van der Waals surface area contributed by atoms with Crippen molar-refractivity contribution in [1.29, 1.82) is 0 Å². The highest BCUT2D eigenvalue weighted by Gasteiger charge is 2.19. The van der Waals surface area contributed by atoms with Crippen LogP contribution in [0.1, 0.15) is 38.9 Å². The van der Waals surface area contributed by atoms with Crippen LogP contribution in [0, 0.1) is 0 Å². The molecule has 1 amide bonds. The second-order valence-corrected chi connectivity index (χ2v) is 5.67. The minimum atomic E-state index is -0.782. The summed E-state index contributed by atoms with van der Waals surface area (Å²) in [6.07, 6.45) is -0.972. The fourth-order valence-corrected chi connectivity index (χ4v) is 1.78. The van der Waals surface area contributed by atoms with Crippen LogP contribution in [-0.2, 0) is 4.74 Å². The third kappa shape index (κ3) is 5.61. The Morgan fingerprint density at radius 1 is 1.43 bits per heavy atom. The lowest BCUT2D eigenvalue weighted by Gasteiger charge is -2.21. The van der Waals surface area contributed by atoms with Gasteiger partial charge in [-0.15, -0.1) is 0 Å². The van der Waals surface area contributed by atoms with Crippen molar-refractivity contribution in [2.75, 3.05) is 19.0 Å². The molecule has 0 radical (unpaired) electrons.